The van der Waals surface area contributed by atoms with E-state index in [0.717, 1.165) is 10.9 Å². The first-order valence-electron chi connectivity index (χ1n) is 6.67. The van der Waals surface area contributed by atoms with Gasteiger partial charge < -0.3 is 9.53 Å². The fraction of sp³-hybridized carbons (Fsp3) is 0.400. The van der Waals surface area contributed by atoms with E-state index in [2.05, 4.69) is 10.2 Å². The SMILES string of the molecule is CN(C(=O)OC(C)(C)C)C(C=O)c1[nH]nc2ccccc12. The first-order valence-corrected chi connectivity index (χ1v) is 6.67. The predicted octanol–water partition coefficient (Wildman–Crippen LogP) is 2.67. The molecule has 1 aromatic heterocycles. The molecule has 1 aromatic carbocycles. The maximum atomic E-state index is 12.1. The van der Waals surface area contributed by atoms with Crippen LogP contribution in [-0.4, -0.2) is 40.1 Å². The Balaban J connectivity index is 2.31. The van der Waals surface area contributed by atoms with Crippen molar-refractivity contribution in [3.63, 3.8) is 0 Å². The summed E-state index contributed by atoms with van der Waals surface area (Å²) in [4.78, 5) is 24.8. The number of likely N-dealkylation sites (N-methyl/N-ethyl adjacent to an activating group) is 1. The molecular formula is C15H19N3O3. The molecule has 6 nitrogen and oxygen atoms in total. The molecule has 0 spiro atoms. The molecule has 0 fully saturated rings. The molecule has 1 unspecified atom stereocenters. The van der Waals surface area contributed by atoms with Gasteiger partial charge in [0, 0.05) is 12.4 Å². The van der Waals surface area contributed by atoms with Crippen LogP contribution in [0.1, 0.15) is 32.5 Å². The van der Waals surface area contributed by atoms with E-state index >= 15 is 0 Å². The third kappa shape index (κ3) is 3.21. The first-order chi connectivity index (χ1) is 9.83. The van der Waals surface area contributed by atoms with Crippen molar-refractivity contribution in [2.75, 3.05) is 7.05 Å². The van der Waals surface area contributed by atoms with Gasteiger partial charge in [-0.1, -0.05) is 18.2 Å². The minimum Gasteiger partial charge on any atom is -0.444 e. The topological polar surface area (TPSA) is 75.3 Å². The van der Waals surface area contributed by atoms with Crippen molar-refractivity contribution in [1.82, 2.24) is 15.1 Å². The highest BCUT2D eigenvalue weighted by Gasteiger charge is 2.28. The van der Waals surface area contributed by atoms with Crippen LogP contribution in [0.15, 0.2) is 24.3 Å². The molecule has 0 aliphatic carbocycles. The van der Waals surface area contributed by atoms with E-state index in [1.807, 2.05) is 24.3 Å². The minimum atomic E-state index is -0.771. The van der Waals surface area contributed by atoms with Crippen molar-refractivity contribution in [2.45, 2.75) is 32.4 Å². The summed E-state index contributed by atoms with van der Waals surface area (Å²) in [7, 11) is 1.53. The summed E-state index contributed by atoms with van der Waals surface area (Å²) >= 11 is 0. The van der Waals surface area contributed by atoms with Gasteiger partial charge in [0.25, 0.3) is 0 Å². The van der Waals surface area contributed by atoms with Crippen LogP contribution in [0.25, 0.3) is 10.9 Å². The number of hydrogen-bond acceptors (Lipinski definition) is 4. The average molecular weight is 289 g/mol. The third-order valence-electron chi connectivity index (χ3n) is 3.01. The van der Waals surface area contributed by atoms with Gasteiger partial charge in [-0.05, 0) is 26.8 Å². The van der Waals surface area contributed by atoms with Crippen molar-refractivity contribution < 1.29 is 14.3 Å². The van der Waals surface area contributed by atoms with Crippen molar-refractivity contribution in [2.24, 2.45) is 0 Å². The van der Waals surface area contributed by atoms with Crippen molar-refractivity contribution >= 4 is 23.3 Å². The van der Waals surface area contributed by atoms with Crippen molar-refractivity contribution in [1.29, 1.82) is 0 Å². The second kappa shape index (κ2) is 5.55. The second-order valence-corrected chi connectivity index (χ2v) is 5.83. The smallest absolute Gasteiger partial charge is 0.410 e. The normalized spacial score (nSPS) is 13.0. The van der Waals surface area contributed by atoms with Crippen LogP contribution < -0.4 is 0 Å². The molecule has 1 N–H and O–H groups in total. The van der Waals surface area contributed by atoms with Gasteiger partial charge in [-0.3, -0.25) is 10.00 Å². The number of benzene rings is 1. The Morgan fingerprint density at radius 2 is 2.05 bits per heavy atom. The lowest BCUT2D eigenvalue weighted by Crippen LogP contribution is -2.37. The van der Waals surface area contributed by atoms with Gasteiger partial charge in [0.1, 0.15) is 17.9 Å². The Kier molecular flexibility index (Phi) is 3.97. The van der Waals surface area contributed by atoms with E-state index < -0.39 is 17.7 Å². The summed E-state index contributed by atoms with van der Waals surface area (Å²) in [6.07, 6.45) is 0.141. The lowest BCUT2D eigenvalue weighted by Gasteiger charge is -2.27. The van der Waals surface area contributed by atoms with E-state index in [4.69, 9.17) is 4.74 Å². The molecule has 2 aromatic rings. The highest BCUT2D eigenvalue weighted by atomic mass is 16.6. The van der Waals surface area contributed by atoms with Gasteiger partial charge in [-0.25, -0.2) is 4.79 Å². The number of amides is 1. The molecule has 1 amide bonds. The fourth-order valence-corrected chi connectivity index (χ4v) is 2.01. The molecule has 0 saturated heterocycles. The number of fused-ring (bicyclic) bond motifs is 1. The Morgan fingerprint density at radius 1 is 1.38 bits per heavy atom. The molecule has 6 heteroatoms. The maximum absolute atomic E-state index is 12.1. The molecule has 112 valence electrons. The lowest BCUT2D eigenvalue weighted by molar-refractivity contribution is -0.112. The number of nitrogens with one attached hydrogen (secondary N) is 1. The zero-order valence-electron chi connectivity index (χ0n) is 12.6. The fourth-order valence-electron chi connectivity index (χ4n) is 2.01. The van der Waals surface area contributed by atoms with E-state index in [9.17, 15) is 9.59 Å². The molecule has 0 aliphatic heterocycles. The van der Waals surface area contributed by atoms with Gasteiger partial charge in [-0.2, -0.15) is 5.10 Å². The molecule has 1 heterocycles. The summed E-state index contributed by atoms with van der Waals surface area (Å²) in [5, 5.41) is 7.78. The molecule has 0 aliphatic rings. The minimum absolute atomic E-state index is 0.557. The maximum Gasteiger partial charge on any atom is 0.410 e. The number of carbonyl (C=O) groups excluding carboxylic acids is 2. The molecule has 21 heavy (non-hydrogen) atoms. The molecule has 0 radical (unpaired) electrons. The number of rotatable bonds is 3. The number of carbonyl (C=O) groups is 2. The summed E-state index contributed by atoms with van der Waals surface area (Å²) in [5.41, 5.74) is 0.709. The van der Waals surface area contributed by atoms with Crippen LogP contribution >= 0.6 is 0 Å². The van der Waals surface area contributed by atoms with Gasteiger partial charge in [-0.15, -0.1) is 0 Å². The lowest BCUT2D eigenvalue weighted by atomic mass is 10.1. The Morgan fingerprint density at radius 3 is 2.67 bits per heavy atom. The molecule has 2 rings (SSSR count). The van der Waals surface area contributed by atoms with Crippen LogP contribution in [0.2, 0.25) is 0 Å². The number of aldehydes is 1. The summed E-state index contributed by atoms with van der Waals surface area (Å²) < 4.78 is 5.29. The Labute approximate surface area is 123 Å². The van der Waals surface area contributed by atoms with Crippen LogP contribution in [0, 0.1) is 0 Å². The van der Waals surface area contributed by atoms with E-state index in [-0.39, 0.29) is 0 Å². The molecular weight excluding hydrogens is 270 g/mol. The van der Waals surface area contributed by atoms with Crippen LogP contribution in [0.4, 0.5) is 4.79 Å². The van der Waals surface area contributed by atoms with Crippen LogP contribution in [0.5, 0.6) is 0 Å². The largest absolute Gasteiger partial charge is 0.444 e. The summed E-state index contributed by atoms with van der Waals surface area (Å²) in [6.45, 7) is 5.33. The highest BCUT2D eigenvalue weighted by Crippen LogP contribution is 2.25. The summed E-state index contributed by atoms with van der Waals surface area (Å²) in [6, 6.07) is 6.64. The van der Waals surface area contributed by atoms with Gasteiger partial charge in [0.15, 0.2) is 0 Å². The molecule has 0 bridgehead atoms. The second-order valence-electron chi connectivity index (χ2n) is 5.83. The van der Waals surface area contributed by atoms with E-state index in [1.165, 1.54) is 11.9 Å². The molecule has 0 saturated carbocycles. The first kappa shape index (κ1) is 15.0. The predicted molar refractivity (Wildman–Crippen MR) is 78.9 cm³/mol. The molecule has 1 atom stereocenters. The van der Waals surface area contributed by atoms with Crippen molar-refractivity contribution in [3.8, 4) is 0 Å². The highest BCUT2D eigenvalue weighted by molar-refractivity contribution is 5.86. The number of para-hydroxylation sites is 1. The zero-order valence-corrected chi connectivity index (χ0v) is 12.6. The Hall–Kier alpha value is -2.37. The third-order valence-corrected chi connectivity index (χ3v) is 3.01. The summed E-state index contributed by atoms with van der Waals surface area (Å²) in [5.74, 6) is 0. The number of nitrogens with zero attached hydrogens (tertiary/aromatic N) is 2. The van der Waals surface area contributed by atoms with E-state index in [0.29, 0.717) is 12.0 Å². The average Bonchev–Trinajstić information content (AvgIpc) is 2.82. The number of aromatic nitrogens is 2. The van der Waals surface area contributed by atoms with Crippen molar-refractivity contribution in [3.05, 3.63) is 30.0 Å². The number of H-pyrrole nitrogens is 1. The number of aromatic amines is 1. The standard InChI is InChI=1S/C15H19N3O3/c1-15(2,3)21-14(20)18(4)12(9-19)13-10-7-5-6-8-11(10)16-17-13/h5-9,12H,1-4H3,(H,16,17). The van der Waals surface area contributed by atoms with Gasteiger partial charge in [0.05, 0.1) is 11.2 Å². The number of ether oxygens (including phenoxy) is 1. The van der Waals surface area contributed by atoms with Crippen LogP contribution in [0.3, 0.4) is 0 Å². The van der Waals surface area contributed by atoms with Gasteiger partial charge in [0.2, 0.25) is 0 Å². The van der Waals surface area contributed by atoms with Gasteiger partial charge >= 0.3 is 6.09 Å². The van der Waals surface area contributed by atoms with Crippen LogP contribution in [-0.2, 0) is 9.53 Å². The monoisotopic (exact) mass is 289 g/mol. The van der Waals surface area contributed by atoms with E-state index in [1.54, 1.807) is 20.8 Å². The quantitative estimate of drug-likeness (QED) is 0.881. The zero-order chi connectivity index (χ0) is 15.6. The Bertz CT molecular complexity index is 657. The number of hydrogen-bond donors (Lipinski definition) is 1.